The predicted molar refractivity (Wildman–Crippen MR) is 92.4 cm³/mol. The van der Waals surface area contributed by atoms with E-state index < -0.39 is 21.5 Å². The summed E-state index contributed by atoms with van der Waals surface area (Å²) in [5.41, 5.74) is 0.961. The average molecular weight is 352 g/mol. The van der Waals surface area contributed by atoms with Crippen molar-refractivity contribution in [1.29, 1.82) is 0 Å². The molecule has 2 aromatic rings. The number of hydrogen-bond donors (Lipinski definition) is 1. The summed E-state index contributed by atoms with van der Waals surface area (Å²) in [6, 6.07) is 7.90. The lowest BCUT2D eigenvalue weighted by atomic mass is 10.3. The van der Waals surface area contributed by atoms with Gasteiger partial charge in [-0.05, 0) is 25.0 Å². The number of rotatable bonds is 6. The molecule has 0 atom stereocenters. The minimum Gasteiger partial charge on any atom is -0.355 e. The Morgan fingerprint density at radius 2 is 2.00 bits per heavy atom. The molecule has 1 aliphatic rings. The second kappa shape index (κ2) is 6.97. The van der Waals surface area contributed by atoms with Crippen LogP contribution in [0, 0.1) is 0 Å². The van der Waals surface area contributed by atoms with Crippen LogP contribution in [0.15, 0.2) is 24.3 Å². The highest BCUT2D eigenvalue weighted by Gasteiger charge is 2.30. The van der Waals surface area contributed by atoms with E-state index in [1.54, 1.807) is 11.3 Å². The number of amides is 1. The highest BCUT2D eigenvalue weighted by atomic mass is 32.2. The first-order chi connectivity index (χ1) is 11.0. The Morgan fingerprint density at radius 1 is 1.26 bits per heavy atom. The molecule has 5 nitrogen and oxygen atoms in total. The van der Waals surface area contributed by atoms with Crippen molar-refractivity contribution in [3.05, 3.63) is 29.3 Å². The summed E-state index contributed by atoms with van der Waals surface area (Å²) in [6.07, 6.45) is 3.91. The molecule has 3 rings (SSSR count). The van der Waals surface area contributed by atoms with Crippen LogP contribution in [0.5, 0.6) is 0 Å². The molecule has 0 spiro atoms. The van der Waals surface area contributed by atoms with Crippen molar-refractivity contribution in [3.8, 4) is 0 Å². The van der Waals surface area contributed by atoms with E-state index in [1.165, 1.54) is 0 Å². The number of fused-ring (bicyclic) bond motifs is 1. The summed E-state index contributed by atoms with van der Waals surface area (Å²) in [6.45, 7) is 0.416. The fourth-order valence-corrected chi connectivity index (χ4v) is 5.66. The van der Waals surface area contributed by atoms with Gasteiger partial charge in [-0.1, -0.05) is 25.0 Å². The molecule has 1 aromatic carbocycles. The summed E-state index contributed by atoms with van der Waals surface area (Å²) in [5.74, 6) is -0.796. The zero-order valence-corrected chi connectivity index (χ0v) is 14.5. The molecule has 124 valence electrons. The van der Waals surface area contributed by atoms with Gasteiger partial charge < -0.3 is 5.32 Å². The van der Waals surface area contributed by atoms with Gasteiger partial charge >= 0.3 is 0 Å². The van der Waals surface area contributed by atoms with Crippen LogP contribution in [-0.2, 0) is 21.1 Å². The topological polar surface area (TPSA) is 76.1 Å². The van der Waals surface area contributed by atoms with E-state index >= 15 is 0 Å². The molecule has 0 saturated heterocycles. The van der Waals surface area contributed by atoms with Gasteiger partial charge in [0.2, 0.25) is 5.91 Å². The van der Waals surface area contributed by atoms with Gasteiger partial charge in [-0.25, -0.2) is 13.4 Å². The summed E-state index contributed by atoms with van der Waals surface area (Å²) in [4.78, 5) is 16.4. The minimum absolute atomic E-state index is 0.322. The number of sulfone groups is 1. The van der Waals surface area contributed by atoms with E-state index in [0.29, 0.717) is 25.8 Å². The molecule has 1 fully saturated rings. The van der Waals surface area contributed by atoms with E-state index in [0.717, 1.165) is 28.1 Å². The van der Waals surface area contributed by atoms with E-state index in [9.17, 15) is 13.2 Å². The largest absolute Gasteiger partial charge is 0.355 e. The second-order valence-electron chi connectivity index (χ2n) is 5.89. The van der Waals surface area contributed by atoms with E-state index in [-0.39, 0.29) is 5.25 Å². The number of thiazole rings is 1. The van der Waals surface area contributed by atoms with Crippen molar-refractivity contribution in [2.75, 3.05) is 12.3 Å². The van der Waals surface area contributed by atoms with Crippen molar-refractivity contribution in [2.45, 2.75) is 37.4 Å². The quantitative estimate of drug-likeness (QED) is 0.865. The monoisotopic (exact) mass is 352 g/mol. The molecular weight excluding hydrogens is 332 g/mol. The van der Waals surface area contributed by atoms with Crippen LogP contribution >= 0.6 is 11.3 Å². The predicted octanol–water partition coefficient (Wildman–Crippen LogP) is 2.31. The molecule has 0 bridgehead atoms. The van der Waals surface area contributed by atoms with Crippen LogP contribution in [0.1, 0.15) is 30.7 Å². The Morgan fingerprint density at radius 3 is 2.74 bits per heavy atom. The molecule has 1 aliphatic carbocycles. The molecule has 1 N–H and O–H groups in total. The maximum Gasteiger partial charge on any atom is 0.235 e. The highest BCUT2D eigenvalue weighted by molar-refractivity contribution is 7.92. The normalized spacial score (nSPS) is 16.0. The van der Waals surface area contributed by atoms with Gasteiger partial charge in [0.25, 0.3) is 0 Å². The van der Waals surface area contributed by atoms with Crippen molar-refractivity contribution in [1.82, 2.24) is 10.3 Å². The summed E-state index contributed by atoms with van der Waals surface area (Å²) >= 11 is 1.60. The van der Waals surface area contributed by atoms with Crippen LogP contribution < -0.4 is 5.32 Å². The molecule has 1 heterocycles. The van der Waals surface area contributed by atoms with E-state index in [2.05, 4.69) is 10.3 Å². The lowest BCUT2D eigenvalue weighted by molar-refractivity contribution is -0.118. The number of para-hydroxylation sites is 1. The van der Waals surface area contributed by atoms with Crippen LogP contribution in [0.2, 0.25) is 0 Å². The number of benzene rings is 1. The SMILES string of the molecule is O=C(CS(=O)(=O)C1CCCC1)NCCc1nc2ccccc2s1. The van der Waals surface area contributed by atoms with Crippen molar-refractivity contribution in [3.63, 3.8) is 0 Å². The van der Waals surface area contributed by atoms with Crippen molar-refractivity contribution in [2.24, 2.45) is 0 Å². The number of carbonyl (C=O) groups is 1. The number of nitrogens with one attached hydrogen (secondary N) is 1. The molecule has 0 radical (unpaired) electrons. The number of carbonyl (C=O) groups excluding carboxylic acids is 1. The molecule has 23 heavy (non-hydrogen) atoms. The third kappa shape index (κ3) is 4.09. The lowest BCUT2D eigenvalue weighted by Gasteiger charge is -2.10. The maximum atomic E-state index is 12.1. The standard InChI is InChI=1S/C16H20N2O3S2/c19-15(11-23(20,21)12-5-1-2-6-12)17-10-9-16-18-13-7-3-4-8-14(13)22-16/h3-4,7-8,12H,1-2,5-6,9-11H2,(H,17,19). The van der Waals surface area contributed by atoms with Crippen LogP contribution in [0.25, 0.3) is 10.2 Å². The molecule has 0 unspecified atom stereocenters. The first-order valence-electron chi connectivity index (χ1n) is 7.87. The van der Waals surface area contributed by atoms with Gasteiger partial charge in [0.15, 0.2) is 9.84 Å². The van der Waals surface area contributed by atoms with E-state index in [4.69, 9.17) is 0 Å². The molecule has 1 aromatic heterocycles. The Kier molecular flexibility index (Phi) is 4.96. The van der Waals surface area contributed by atoms with Gasteiger partial charge in [-0.15, -0.1) is 11.3 Å². The van der Waals surface area contributed by atoms with Gasteiger partial charge in [-0.3, -0.25) is 4.79 Å². The zero-order chi connectivity index (χ0) is 16.3. The Bertz CT molecular complexity index is 760. The van der Waals surface area contributed by atoms with Gasteiger partial charge in [0.05, 0.1) is 20.5 Å². The smallest absolute Gasteiger partial charge is 0.235 e. The van der Waals surface area contributed by atoms with Crippen molar-refractivity contribution >= 4 is 37.3 Å². The van der Waals surface area contributed by atoms with Gasteiger partial charge in [-0.2, -0.15) is 0 Å². The first-order valence-corrected chi connectivity index (χ1v) is 10.4. The summed E-state index contributed by atoms with van der Waals surface area (Å²) in [5, 5.41) is 3.33. The second-order valence-corrected chi connectivity index (χ2v) is 9.29. The van der Waals surface area contributed by atoms with Crippen molar-refractivity contribution < 1.29 is 13.2 Å². The Hall–Kier alpha value is -1.47. The molecule has 1 amide bonds. The maximum absolute atomic E-state index is 12.1. The van der Waals surface area contributed by atoms with Crippen LogP contribution in [0.3, 0.4) is 0 Å². The fourth-order valence-electron chi connectivity index (χ4n) is 2.93. The van der Waals surface area contributed by atoms with Gasteiger partial charge in [0, 0.05) is 13.0 Å². The van der Waals surface area contributed by atoms with Gasteiger partial charge in [0.1, 0.15) is 5.75 Å². The first kappa shape index (κ1) is 16.4. The molecule has 0 aliphatic heterocycles. The third-order valence-corrected chi connectivity index (χ3v) is 7.39. The molecular formula is C16H20N2O3S2. The minimum atomic E-state index is -3.30. The summed E-state index contributed by atoms with van der Waals surface area (Å²) < 4.78 is 25.4. The number of aromatic nitrogens is 1. The average Bonchev–Trinajstić information content (AvgIpc) is 3.16. The summed E-state index contributed by atoms with van der Waals surface area (Å²) in [7, 11) is -3.30. The highest BCUT2D eigenvalue weighted by Crippen LogP contribution is 2.25. The third-order valence-electron chi connectivity index (χ3n) is 4.14. The fraction of sp³-hybridized carbons (Fsp3) is 0.500. The van der Waals surface area contributed by atoms with Crippen LogP contribution in [0.4, 0.5) is 0 Å². The Labute approximate surface area is 140 Å². The molecule has 1 saturated carbocycles. The van der Waals surface area contributed by atoms with E-state index in [1.807, 2.05) is 24.3 Å². The Balaban J connectivity index is 1.49. The van der Waals surface area contributed by atoms with Crippen LogP contribution in [-0.4, -0.2) is 36.9 Å². The zero-order valence-electron chi connectivity index (χ0n) is 12.8. The number of hydrogen-bond acceptors (Lipinski definition) is 5. The lowest BCUT2D eigenvalue weighted by Crippen LogP contribution is -2.35. The number of nitrogens with zero attached hydrogens (tertiary/aromatic N) is 1. The molecule has 7 heteroatoms.